The van der Waals surface area contributed by atoms with E-state index in [1.807, 2.05) is 18.2 Å². The van der Waals surface area contributed by atoms with Crippen molar-refractivity contribution in [3.63, 3.8) is 0 Å². The van der Waals surface area contributed by atoms with Gasteiger partial charge >= 0.3 is 0 Å². The van der Waals surface area contributed by atoms with Gasteiger partial charge in [0.05, 0.1) is 5.02 Å². The van der Waals surface area contributed by atoms with Gasteiger partial charge in [0.15, 0.2) is 0 Å². The van der Waals surface area contributed by atoms with E-state index in [1.165, 1.54) is 21.9 Å². The molecular formula is C20H13Cl. The molecule has 0 fully saturated rings. The highest BCUT2D eigenvalue weighted by molar-refractivity contribution is 6.42. The van der Waals surface area contributed by atoms with E-state index in [0.29, 0.717) is 0 Å². The third-order valence-electron chi connectivity index (χ3n) is 3.93. The Labute approximate surface area is 128 Å². The third-order valence-corrected chi connectivity index (χ3v) is 4.34. The lowest BCUT2D eigenvalue weighted by Gasteiger charge is -2.13. The number of halogens is 1. The lowest BCUT2D eigenvalue weighted by atomic mass is 9.92. The Hall–Kier alpha value is -2.31. The Morgan fingerprint density at radius 3 is 1.43 bits per heavy atom. The summed E-state index contributed by atoms with van der Waals surface area (Å²) in [6, 6.07) is 27.2. The zero-order valence-electron chi connectivity index (χ0n) is 11.4. The lowest BCUT2D eigenvalue weighted by molar-refractivity contribution is 1.67. The summed E-state index contributed by atoms with van der Waals surface area (Å²) in [5.74, 6) is 0. The first kappa shape index (κ1) is 12.4. The fourth-order valence-corrected chi connectivity index (χ4v) is 3.32. The molecule has 4 aromatic carbocycles. The zero-order valence-corrected chi connectivity index (χ0v) is 12.1. The molecular weight excluding hydrogens is 276 g/mol. The number of fused-ring (bicyclic) bond motifs is 2. The second-order valence-electron chi connectivity index (χ2n) is 5.15. The van der Waals surface area contributed by atoms with Crippen LogP contribution in [0.3, 0.4) is 0 Å². The molecule has 0 aliphatic heterocycles. The molecule has 0 saturated heterocycles. The molecule has 0 atom stereocenters. The van der Waals surface area contributed by atoms with E-state index in [-0.39, 0.29) is 0 Å². The highest BCUT2D eigenvalue weighted by Crippen LogP contribution is 2.41. The molecule has 0 N–H and O–H groups in total. The van der Waals surface area contributed by atoms with Crippen LogP contribution in [0, 0.1) is 0 Å². The first-order valence-electron chi connectivity index (χ1n) is 7.00. The maximum absolute atomic E-state index is 6.63. The maximum Gasteiger partial charge on any atom is 0.0563 e. The molecule has 0 amide bonds. The summed E-state index contributed by atoms with van der Waals surface area (Å²) in [5, 5.41) is 5.45. The van der Waals surface area contributed by atoms with E-state index in [0.717, 1.165) is 15.8 Å². The van der Waals surface area contributed by atoms with Crippen molar-refractivity contribution in [3.8, 4) is 11.1 Å². The van der Waals surface area contributed by atoms with Crippen LogP contribution in [0.4, 0.5) is 0 Å². The molecule has 4 aromatic rings. The molecule has 0 bridgehead atoms. The van der Waals surface area contributed by atoms with Gasteiger partial charge in [-0.3, -0.25) is 0 Å². The summed E-state index contributed by atoms with van der Waals surface area (Å²) < 4.78 is 0. The number of hydrogen-bond acceptors (Lipinski definition) is 0. The molecule has 21 heavy (non-hydrogen) atoms. The van der Waals surface area contributed by atoms with Gasteiger partial charge in [-0.05, 0) is 21.9 Å². The van der Waals surface area contributed by atoms with Crippen LogP contribution >= 0.6 is 11.6 Å². The largest absolute Gasteiger partial charge is 0.0830 e. The van der Waals surface area contributed by atoms with Crippen LogP contribution in [0.25, 0.3) is 32.7 Å². The molecule has 0 saturated carbocycles. The smallest absolute Gasteiger partial charge is 0.0563 e. The predicted molar refractivity (Wildman–Crippen MR) is 91.9 cm³/mol. The Morgan fingerprint density at radius 2 is 0.905 bits per heavy atom. The van der Waals surface area contributed by atoms with Crippen LogP contribution in [-0.2, 0) is 0 Å². The second kappa shape index (κ2) is 4.91. The van der Waals surface area contributed by atoms with Crippen LogP contribution < -0.4 is 0 Å². The van der Waals surface area contributed by atoms with Crippen LogP contribution in [0.2, 0.25) is 5.02 Å². The first-order valence-corrected chi connectivity index (χ1v) is 7.38. The molecule has 0 heterocycles. The molecule has 100 valence electrons. The monoisotopic (exact) mass is 288 g/mol. The number of hydrogen-bond donors (Lipinski definition) is 0. The SMILES string of the molecule is Clc1c2ccccc2c(-c2ccccc2)c2ccccc12. The minimum atomic E-state index is 0.834. The van der Waals surface area contributed by atoms with Crippen molar-refractivity contribution < 1.29 is 0 Å². The minimum Gasteiger partial charge on any atom is -0.0830 e. The summed E-state index contributed by atoms with van der Waals surface area (Å²) in [5.41, 5.74) is 2.48. The zero-order chi connectivity index (χ0) is 14.2. The summed E-state index contributed by atoms with van der Waals surface area (Å²) in [7, 11) is 0. The van der Waals surface area contributed by atoms with Crippen LogP contribution in [0.15, 0.2) is 78.9 Å². The molecule has 1 heteroatoms. The molecule has 0 nitrogen and oxygen atoms in total. The molecule has 0 aliphatic rings. The fraction of sp³-hybridized carbons (Fsp3) is 0. The van der Waals surface area contributed by atoms with Gasteiger partial charge in [0.1, 0.15) is 0 Å². The highest BCUT2D eigenvalue weighted by Gasteiger charge is 2.12. The van der Waals surface area contributed by atoms with E-state index in [9.17, 15) is 0 Å². The average molecular weight is 289 g/mol. The van der Waals surface area contributed by atoms with Gasteiger partial charge in [-0.25, -0.2) is 0 Å². The van der Waals surface area contributed by atoms with Crippen molar-refractivity contribution in [1.82, 2.24) is 0 Å². The van der Waals surface area contributed by atoms with E-state index >= 15 is 0 Å². The minimum absolute atomic E-state index is 0.834. The Bertz CT molecular complexity index is 883. The van der Waals surface area contributed by atoms with Gasteiger partial charge in [0.2, 0.25) is 0 Å². The van der Waals surface area contributed by atoms with E-state index in [4.69, 9.17) is 11.6 Å². The van der Waals surface area contributed by atoms with Gasteiger partial charge in [-0.15, -0.1) is 0 Å². The molecule has 0 radical (unpaired) electrons. The van der Waals surface area contributed by atoms with Gasteiger partial charge in [-0.2, -0.15) is 0 Å². The summed E-state index contributed by atoms with van der Waals surface area (Å²) in [4.78, 5) is 0. The summed E-state index contributed by atoms with van der Waals surface area (Å²) >= 11 is 6.63. The van der Waals surface area contributed by atoms with Crippen LogP contribution in [0.5, 0.6) is 0 Å². The summed E-state index contributed by atoms with van der Waals surface area (Å²) in [6.45, 7) is 0. The average Bonchev–Trinajstić information content (AvgIpc) is 2.56. The van der Waals surface area contributed by atoms with Crippen molar-refractivity contribution >= 4 is 33.1 Å². The topological polar surface area (TPSA) is 0 Å². The fourth-order valence-electron chi connectivity index (χ4n) is 2.99. The Balaban J connectivity index is 2.28. The van der Waals surface area contributed by atoms with Gasteiger partial charge in [-0.1, -0.05) is 90.5 Å². The quantitative estimate of drug-likeness (QED) is 0.360. The maximum atomic E-state index is 6.63. The lowest BCUT2D eigenvalue weighted by Crippen LogP contribution is -1.86. The Morgan fingerprint density at radius 1 is 0.476 bits per heavy atom. The van der Waals surface area contributed by atoms with Gasteiger partial charge < -0.3 is 0 Å². The van der Waals surface area contributed by atoms with Gasteiger partial charge in [0.25, 0.3) is 0 Å². The standard InChI is InChI=1S/C20H13Cl/c21-20-17-12-6-4-10-15(17)19(14-8-2-1-3-9-14)16-11-5-7-13-18(16)20/h1-13H. The molecule has 0 unspecified atom stereocenters. The first-order chi connectivity index (χ1) is 10.4. The van der Waals surface area contributed by atoms with Crippen molar-refractivity contribution in [2.45, 2.75) is 0 Å². The van der Waals surface area contributed by atoms with Gasteiger partial charge in [0, 0.05) is 10.8 Å². The molecule has 4 rings (SSSR count). The van der Waals surface area contributed by atoms with E-state index in [2.05, 4.69) is 60.7 Å². The van der Waals surface area contributed by atoms with Crippen LogP contribution in [-0.4, -0.2) is 0 Å². The molecule has 0 aromatic heterocycles. The molecule has 0 aliphatic carbocycles. The normalized spacial score (nSPS) is 11.1. The van der Waals surface area contributed by atoms with E-state index in [1.54, 1.807) is 0 Å². The Kier molecular flexibility index (Phi) is 2.90. The summed E-state index contributed by atoms with van der Waals surface area (Å²) in [6.07, 6.45) is 0. The second-order valence-corrected chi connectivity index (χ2v) is 5.52. The number of benzene rings is 4. The third kappa shape index (κ3) is 1.91. The predicted octanol–water partition coefficient (Wildman–Crippen LogP) is 6.31. The number of rotatable bonds is 1. The molecule has 0 spiro atoms. The van der Waals surface area contributed by atoms with Crippen molar-refractivity contribution in [2.24, 2.45) is 0 Å². The highest BCUT2D eigenvalue weighted by atomic mass is 35.5. The van der Waals surface area contributed by atoms with Crippen molar-refractivity contribution in [2.75, 3.05) is 0 Å². The van der Waals surface area contributed by atoms with Crippen molar-refractivity contribution in [3.05, 3.63) is 83.9 Å². The van der Waals surface area contributed by atoms with Crippen LogP contribution in [0.1, 0.15) is 0 Å². The van der Waals surface area contributed by atoms with E-state index < -0.39 is 0 Å². The van der Waals surface area contributed by atoms with Crippen molar-refractivity contribution in [1.29, 1.82) is 0 Å².